The molecule has 2 fully saturated rings. The number of rotatable bonds is 4. The van der Waals surface area contributed by atoms with Crippen LogP contribution in [-0.4, -0.2) is 40.5 Å². The van der Waals surface area contributed by atoms with E-state index in [1.165, 1.54) is 37.1 Å². The summed E-state index contributed by atoms with van der Waals surface area (Å²) in [4.78, 5) is 26.3. The summed E-state index contributed by atoms with van der Waals surface area (Å²) in [7, 11) is 0. The van der Waals surface area contributed by atoms with Gasteiger partial charge in [-0.05, 0) is 32.7 Å². The normalized spacial score (nSPS) is 25.8. The maximum atomic E-state index is 12.1. The van der Waals surface area contributed by atoms with Gasteiger partial charge in [0, 0.05) is 42.7 Å². The van der Waals surface area contributed by atoms with Gasteiger partial charge in [-0.2, -0.15) is 0 Å². The van der Waals surface area contributed by atoms with Gasteiger partial charge in [0.15, 0.2) is 0 Å². The van der Waals surface area contributed by atoms with Crippen molar-refractivity contribution in [3.63, 3.8) is 0 Å². The van der Waals surface area contributed by atoms with Crippen molar-refractivity contribution in [3.8, 4) is 0 Å². The summed E-state index contributed by atoms with van der Waals surface area (Å²) in [5, 5.41) is 5.03. The zero-order chi connectivity index (χ0) is 14.8. The van der Waals surface area contributed by atoms with Crippen molar-refractivity contribution in [3.05, 3.63) is 20.7 Å². The summed E-state index contributed by atoms with van der Waals surface area (Å²) in [6.07, 6.45) is 5.22. The molecule has 0 spiro atoms. The Morgan fingerprint density at radius 3 is 3.00 bits per heavy atom. The van der Waals surface area contributed by atoms with Gasteiger partial charge in [-0.1, -0.05) is 17.8 Å². The predicted octanol–water partition coefficient (Wildman–Crippen LogP) is 1.35. The highest BCUT2D eigenvalue weighted by molar-refractivity contribution is 7.07. The van der Waals surface area contributed by atoms with Gasteiger partial charge in [-0.3, -0.25) is 14.5 Å². The maximum Gasteiger partial charge on any atom is 0.307 e. The van der Waals surface area contributed by atoms with Crippen LogP contribution in [0.15, 0.2) is 10.2 Å². The molecule has 2 unspecified atom stereocenters. The summed E-state index contributed by atoms with van der Waals surface area (Å²) in [5.74, 6) is 0.0740. The average Bonchev–Trinajstić information content (AvgIpc) is 3.02. The van der Waals surface area contributed by atoms with Gasteiger partial charge in [0.25, 0.3) is 0 Å². The second-order valence-electron chi connectivity index (χ2n) is 6.11. The minimum absolute atomic E-state index is 0.0274. The Hall–Kier alpha value is -1.14. The van der Waals surface area contributed by atoms with Gasteiger partial charge in [0.1, 0.15) is 0 Å². The van der Waals surface area contributed by atoms with Crippen molar-refractivity contribution in [1.29, 1.82) is 0 Å². The third-order valence-corrected chi connectivity index (χ3v) is 5.62. The van der Waals surface area contributed by atoms with Gasteiger partial charge >= 0.3 is 4.87 Å². The molecule has 21 heavy (non-hydrogen) atoms. The lowest BCUT2D eigenvalue weighted by Gasteiger charge is -2.32. The fourth-order valence-corrected chi connectivity index (χ4v) is 4.34. The van der Waals surface area contributed by atoms with Crippen LogP contribution in [0.2, 0.25) is 0 Å². The first-order valence-corrected chi connectivity index (χ1v) is 8.71. The van der Waals surface area contributed by atoms with Crippen molar-refractivity contribution >= 4 is 17.2 Å². The zero-order valence-corrected chi connectivity index (χ0v) is 13.3. The fourth-order valence-electron chi connectivity index (χ4n) is 3.58. The number of nitrogens with zero attached hydrogens (tertiary/aromatic N) is 2. The van der Waals surface area contributed by atoms with Gasteiger partial charge in [0.05, 0.1) is 0 Å². The number of thiazole rings is 1. The van der Waals surface area contributed by atoms with Crippen LogP contribution in [0.5, 0.6) is 0 Å². The molecule has 1 aromatic heterocycles. The Bertz CT molecular complexity index is 566. The van der Waals surface area contributed by atoms with E-state index in [1.54, 1.807) is 4.57 Å². The van der Waals surface area contributed by atoms with Crippen molar-refractivity contribution in [2.75, 3.05) is 13.1 Å². The number of aryl methyl sites for hydroxylation is 1. The monoisotopic (exact) mass is 309 g/mol. The molecular weight excluding hydrogens is 286 g/mol. The van der Waals surface area contributed by atoms with Gasteiger partial charge in [-0.25, -0.2) is 0 Å². The van der Waals surface area contributed by atoms with E-state index >= 15 is 0 Å². The summed E-state index contributed by atoms with van der Waals surface area (Å²) in [6, 6.07) is 0.839. The van der Waals surface area contributed by atoms with Crippen LogP contribution in [0.25, 0.3) is 0 Å². The maximum absolute atomic E-state index is 12.1. The van der Waals surface area contributed by atoms with Crippen LogP contribution in [0.1, 0.15) is 37.8 Å². The molecule has 2 saturated heterocycles. The molecule has 0 saturated carbocycles. The number of hydrogen-bond donors (Lipinski definition) is 1. The topological polar surface area (TPSA) is 54.3 Å². The molecule has 116 valence electrons. The quantitative estimate of drug-likeness (QED) is 0.913. The molecule has 6 heteroatoms. The number of carbonyl (C=O) groups is 1. The Balaban J connectivity index is 1.51. The van der Waals surface area contributed by atoms with Gasteiger partial charge in [0.2, 0.25) is 5.91 Å². The van der Waals surface area contributed by atoms with E-state index in [1.807, 2.05) is 12.3 Å². The minimum atomic E-state index is 0.0274. The SMILES string of the molecule is Cc1csc(=O)n1CCC(=O)NC1CCN2CCCCC12. The average molecular weight is 309 g/mol. The Morgan fingerprint density at radius 1 is 1.38 bits per heavy atom. The van der Waals surface area contributed by atoms with Crippen molar-refractivity contribution in [1.82, 2.24) is 14.8 Å². The Kier molecular flexibility index (Phi) is 4.45. The Labute approximate surface area is 129 Å². The van der Waals surface area contributed by atoms with Crippen LogP contribution in [0.3, 0.4) is 0 Å². The largest absolute Gasteiger partial charge is 0.352 e. The zero-order valence-electron chi connectivity index (χ0n) is 12.5. The molecule has 1 amide bonds. The molecule has 3 rings (SSSR count). The van der Waals surface area contributed by atoms with Crippen molar-refractivity contribution in [2.24, 2.45) is 0 Å². The number of carbonyl (C=O) groups excluding carboxylic acids is 1. The number of fused-ring (bicyclic) bond motifs is 1. The third kappa shape index (κ3) is 3.21. The molecule has 0 bridgehead atoms. The lowest BCUT2D eigenvalue weighted by Crippen LogP contribution is -2.47. The minimum Gasteiger partial charge on any atom is -0.352 e. The second-order valence-corrected chi connectivity index (χ2v) is 6.93. The first kappa shape index (κ1) is 14.8. The molecule has 2 aliphatic rings. The summed E-state index contributed by atoms with van der Waals surface area (Å²) < 4.78 is 1.69. The molecule has 2 aliphatic heterocycles. The van der Waals surface area contributed by atoms with E-state index in [-0.39, 0.29) is 10.8 Å². The van der Waals surface area contributed by atoms with Crippen LogP contribution >= 0.6 is 11.3 Å². The van der Waals surface area contributed by atoms with Crippen LogP contribution in [-0.2, 0) is 11.3 Å². The van der Waals surface area contributed by atoms with Gasteiger partial charge < -0.3 is 9.88 Å². The highest BCUT2D eigenvalue weighted by atomic mass is 32.1. The summed E-state index contributed by atoms with van der Waals surface area (Å²) >= 11 is 1.20. The first-order valence-electron chi connectivity index (χ1n) is 7.83. The molecule has 0 aliphatic carbocycles. The number of hydrogen-bond acceptors (Lipinski definition) is 4. The lowest BCUT2D eigenvalue weighted by molar-refractivity contribution is -0.122. The first-order chi connectivity index (χ1) is 10.1. The molecule has 3 heterocycles. The van der Waals surface area contributed by atoms with Crippen LogP contribution in [0, 0.1) is 6.92 Å². The predicted molar refractivity (Wildman–Crippen MR) is 83.7 cm³/mol. The summed E-state index contributed by atoms with van der Waals surface area (Å²) in [6.45, 7) is 4.69. The number of aromatic nitrogens is 1. The molecule has 5 nitrogen and oxygen atoms in total. The smallest absolute Gasteiger partial charge is 0.307 e. The highest BCUT2D eigenvalue weighted by Gasteiger charge is 2.35. The Morgan fingerprint density at radius 2 is 2.24 bits per heavy atom. The molecule has 0 radical (unpaired) electrons. The summed E-state index contributed by atoms with van der Waals surface area (Å²) in [5.41, 5.74) is 0.942. The lowest BCUT2D eigenvalue weighted by atomic mass is 9.99. The van der Waals surface area contributed by atoms with E-state index in [0.717, 1.165) is 18.7 Å². The molecular formula is C15H23N3O2S. The number of nitrogens with one attached hydrogen (secondary N) is 1. The van der Waals surface area contributed by atoms with Gasteiger partial charge in [-0.15, -0.1) is 0 Å². The van der Waals surface area contributed by atoms with E-state index in [4.69, 9.17) is 0 Å². The standard InChI is InChI=1S/C15H23N3O2S/c1-11-10-21-15(20)18(11)9-6-14(19)16-12-5-8-17-7-3-2-4-13(12)17/h10,12-13H,2-9H2,1H3,(H,16,19). The number of piperidine rings is 1. The molecule has 0 aromatic carbocycles. The van der Waals surface area contributed by atoms with Crippen LogP contribution < -0.4 is 10.2 Å². The third-order valence-electron chi connectivity index (χ3n) is 4.74. The van der Waals surface area contributed by atoms with E-state index < -0.39 is 0 Å². The molecule has 2 atom stereocenters. The number of amides is 1. The molecule has 1 N–H and O–H groups in total. The second kappa shape index (κ2) is 6.32. The van der Waals surface area contributed by atoms with Crippen LogP contribution in [0.4, 0.5) is 0 Å². The van der Waals surface area contributed by atoms with Crippen molar-refractivity contribution < 1.29 is 4.79 Å². The van der Waals surface area contributed by atoms with Crippen molar-refractivity contribution in [2.45, 2.75) is 57.7 Å². The molecule has 1 aromatic rings. The highest BCUT2D eigenvalue weighted by Crippen LogP contribution is 2.27. The fraction of sp³-hybridized carbons (Fsp3) is 0.733. The van der Waals surface area contributed by atoms with E-state index in [0.29, 0.717) is 25.0 Å². The van der Waals surface area contributed by atoms with E-state index in [9.17, 15) is 9.59 Å². The van der Waals surface area contributed by atoms with E-state index in [2.05, 4.69) is 10.2 Å².